The van der Waals surface area contributed by atoms with Crippen molar-refractivity contribution in [1.82, 2.24) is 4.98 Å². The van der Waals surface area contributed by atoms with E-state index >= 15 is 0 Å². The fourth-order valence-corrected chi connectivity index (χ4v) is 2.01. The van der Waals surface area contributed by atoms with E-state index in [4.69, 9.17) is 0 Å². The molecule has 0 fully saturated rings. The molecule has 1 aromatic carbocycles. The van der Waals surface area contributed by atoms with Crippen molar-refractivity contribution < 1.29 is 8.78 Å². The van der Waals surface area contributed by atoms with E-state index in [1.807, 2.05) is 20.8 Å². The Hall–Kier alpha value is -1.77. The molecule has 19 heavy (non-hydrogen) atoms. The molecular formula is C16H17F2N. The molecule has 0 amide bonds. The molecule has 0 saturated heterocycles. The first-order chi connectivity index (χ1) is 8.88. The summed E-state index contributed by atoms with van der Waals surface area (Å²) in [5, 5.41) is 0. The molecule has 2 aromatic rings. The van der Waals surface area contributed by atoms with Gasteiger partial charge in [-0.2, -0.15) is 0 Å². The summed E-state index contributed by atoms with van der Waals surface area (Å²) in [6, 6.07) is 8.03. The highest BCUT2D eigenvalue weighted by atomic mass is 19.1. The average molecular weight is 261 g/mol. The minimum Gasteiger partial charge on any atom is -0.256 e. The Balaban J connectivity index is 2.52. The van der Waals surface area contributed by atoms with Crippen molar-refractivity contribution in [2.45, 2.75) is 27.2 Å². The first kappa shape index (κ1) is 13.7. The number of hydrogen-bond donors (Lipinski definition) is 0. The number of rotatable bonds is 2. The molecule has 0 N–H and O–H groups in total. The maximum Gasteiger partial charge on any atom is 0.138 e. The molecule has 0 saturated carbocycles. The smallest absolute Gasteiger partial charge is 0.138 e. The highest BCUT2D eigenvalue weighted by Gasteiger charge is 2.20. The van der Waals surface area contributed by atoms with Gasteiger partial charge >= 0.3 is 0 Å². The molecule has 0 bridgehead atoms. The zero-order valence-corrected chi connectivity index (χ0v) is 11.4. The fourth-order valence-electron chi connectivity index (χ4n) is 2.01. The molecule has 0 aliphatic heterocycles. The van der Waals surface area contributed by atoms with Crippen LogP contribution >= 0.6 is 0 Å². The lowest BCUT2D eigenvalue weighted by Gasteiger charge is -2.20. The van der Waals surface area contributed by atoms with Gasteiger partial charge < -0.3 is 0 Å². The van der Waals surface area contributed by atoms with Gasteiger partial charge in [0.1, 0.15) is 11.6 Å². The van der Waals surface area contributed by atoms with Crippen LogP contribution in [0.5, 0.6) is 0 Å². The Kier molecular flexibility index (Phi) is 3.65. The second kappa shape index (κ2) is 5.08. The van der Waals surface area contributed by atoms with Gasteiger partial charge in [-0.1, -0.05) is 26.8 Å². The van der Waals surface area contributed by atoms with Crippen molar-refractivity contribution >= 4 is 0 Å². The third-order valence-corrected chi connectivity index (χ3v) is 2.83. The van der Waals surface area contributed by atoms with E-state index in [2.05, 4.69) is 4.98 Å². The van der Waals surface area contributed by atoms with Crippen LogP contribution in [0.2, 0.25) is 0 Å². The molecule has 1 nitrogen and oxygen atoms in total. The molecule has 0 atom stereocenters. The van der Waals surface area contributed by atoms with E-state index in [1.54, 1.807) is 24.4 Å². The number of nitrogens with zero attached hydrogens (tertiary/aromatic N) is 1. The van der Waals surface area contributed by atoms with Crippen molar-refractivity contribution in [3.05, 3.63) is 53.7 Å². The van der Waals surface area contributed by atoms with E-state index in [0.717, 1.165) is 0 Å². The van der Waals surface area contributed by atoms with Gasteiger partial charge in [0.05, 0.1) is 5.69 Å². The highest BCUT2D eigenvalue weighted by molar-refractivity contribution is 5.61. The van der Waals surface area contributed by atoms with Crippen LogP contribution in [0, 0.1) is 17.0 Å². The number of pyridine rings is 1. The summed E-state index contributed by atoms with van der Waals surface area (Å²) in [6.45, 7) is 5.87. The quantitative estimate of drug-likeness (QED) is 0.769. The highest BCUT2D eigenvalue weighted by Crippen LogP contribution is 2.30. The van der Waals surface area contributed by atoms with Gasteiger partial charge in [0.15, 0.2) is 0 Å². The molecular weight excluding hydrogens is 244 g/mol. The maximum absolute atomic E-state index is 14.5. The van der Waals surface area contributed by atoms with Gasteiger partial charge in [0.25, 0.3) is 0 Å². The molecule has 3 heteroatoms. The topological polar surface area (TPSA) is 12.9 Å². The Bertz CT molecular complexity index is 571. The van der Waals surface area contributed by atoms with Crippen molar-refractivity contribution in [2.75, 3.05) is 0 Å². The van der Waals surface area contributed by atoms with Gasteiger partial charge in [-0.3, -0.25) is 4.98 Å². The molecule has 0 aliphatic carbocycles. The van der Waals surface area contributed by atoms with E-state index in [1.165, 1.54) is 12.1 Å². The van der Waals surface area contributed by atoms with Crippen molar-refractivity contribution in [3.63, 3.8) is 0 Å². The first-order valence-electron chi connectivity index (χ1n) is 6.27. The summed E-state index contributed by atoms with van der Waals surface area (Å²) in [6.07, 6.45) is 1.95. The van der Waals surface area contributed by atoms with Crippen LogP contribution in [0.25, 0.3) is 11.3 Å². The van der Waals surface area contributed by atoms with Crippen LogP contribution in [0.15, 0.2) is 36.5 Å². The summed E-state index contributed by atoms with van der Waals surface area (Å²) >= 11 is 0. The van der Waals surface area contributed by atoms with Gasteiger partial charge in [-0.05, 0) is 36.1 Å². The SMILES string of the molecule is CC(C)(C)Cc1c(F)ccc(-c2ccccn2)c1F. The van der Waals surface area contributed by atoms with Gasteiger partial charge in [-0.15, -0.1) is 0 Å². The Labute approximate surface area is 112 Å². The summed E-state index contributed by atoms with van der Waals surface area (Å²) in [5.41, 5.74) is 0.830. The van der Waals surface area contributed by atoms with Crippen molar-refractivity contribution in [2.24, 2.45) is 5.41 Å². The molecule has 0 unspecified atom stereocenters. The normalized spacial score (nSPS) is 11.6. The van der Waals surface area contributed by atoms with Crippen LogP contribution in [0.3, 0.4) is 0 Å². The molecule has 0 spiro atoms. The van der Waals surface area contributed by atoms with Crippen molar-refractivity contribution in [1.29, 1.82) is 0 Å². The lowest BCUT2D eigenvalue weighted by atomic mass is 9.87. The third-order valence-electron chi connectivity index (χ3n) is 2.83. The van der Waals surface area contributed by atoms with Crippen LogP contribution in [-0.2, 0) is 6.42 Å². The standard InChI is InChI=1S/C16H17F2N/c1-16(2,3)10-12-13(17)8-7-11(15(12)18)14-6-4-5-9-19-14/h4-9H,10H2,1-3H3. The van der Waals surface area contributed by atoms with E-state index in [9.17, 15) is 8.78 Å². The largest absolute Gasteiger partial charge is 0.256 e. The van der Waals surface area contributed by atoms with Crippen LogP contribution in [0.1, 0.15) is 26.3 Å². The van der Waals surface area contributed by atoms with E-state index in [-0.39, 0.29) is 11.0 Å². The summed E-state index contributed by atoms with van der Waals surface area (Å²) in [4.78, 5) is 4.11. The van der Waals surface area contributed by atoms with Crippen LogP contribution in [0.4, 0.5) is 8.78 Å². The van der Waals surface area contributed by atoms with Gasteiger partial charge in [0, 0.05) is 17.3 Å². The minimum absolute atomic E-state index is 0.135. The second-order valence-electron chi connectivity index (χ2n) is 5.84. The number of aromatic nitrogens is 1. The summed E-state index contributed by atoms with van der Waals surface area (Å²) in [7, 11) is 0. The Morgan fingerprint density at radius 2 is 1.79 bits per heavy atom. The van der Waals surface area contributed by atoms with Gasteiger partial charge in [0.2, 0.25) is 0 Å². The minimum atomic E-state index is -0.506. The predicted octanol–water partition coefficient (Wildman–Crippen LogP) is 4.62. The number of halogens is 2. The van der Waals surface area contributed by atoms with Crippen LogP contribution in [-0.4, -0.2) is 4.98 Å². The molecule has 100 valence electrons. The average Bonchev–Trinajstić information content (AvgIpc) is 2.34. The summed E-state index contributed by atoms with van der Waals surface area (Å²) in [5.74, 6) is -0.999. The monoisotopic (exact) mass is 261 g/mol. The fraction of sp³-hybridized carbons (Fsp3) is 0.312. The Morgan fingerprint density at radius 3 is 2.37 bits per heavy atom. The first-order valence-corrected chi connectivity index (χ1v) is 6.27. The zero-order chi connectivity index (χ0) is 14.0. The lowest BCUT2D eigenvalue weighted by molar-refractivity contribution is 0.391. The lowest BCUT2D eigenvalue weighted by Crippen LogP contribution is -2.12. The molecule has 1 heterocycles. The second-order valence-corrected chi connectivity index (χ2v) is 5.84. The van der Waals surface area contributed by atoms with Gasteiger partial charge in [-0.25, -0.2) is 8.78 Å². The van der Waals surface area contributed by atoms with E-state index < -0.39 is 11.6 Å². The molecule has 1 aromatic heterocycles. The molecule has 0 radical (unpaired) electrons. The molecule has 2 rings (SSSR count). The summed E-state index contributed by atoms with van der Waals surface area (Å²) < 4.78 is 28.3. The maximum atomic E-state index is 14.5. The zero-order valence-electron chi connectivity index (χ0n) is 11.4. The number of hydrogen-bond acceptors (Lipinski definition) is 1. The molecule has 0 aliphatic rings. The van der Waals surface area contributed by atoms with E-state index in [0.29, 0.717) is 17.7 Å². The van der Waals surface area contributed by atoms with Crippen LogP contribution < -0.4 is 0 Å². The third kappa shape index (κ3) is 3.16. The predicted molar refractivity (Wildman–Crippen MR) is 72.7 cm³/mol. The van der Waals surface area contributed by atoms with Crippen molar-refractivity contribution in [3.8, 4) is 11.3 Å². The number of benzene rings is 1. The Morgan fingerprint density at radius 1 is 1.05 bits per heavy atom.